The van der Waals surface area contributed by atoms with E-state index in [4.69, 9.17) is 11.6 Å². The van der Waals surface area contributed by atoms with Crippen LogP contribution in [0.25, 0.3) is 0 Å². The lowest BCUT2D eigenvalue weighted by Gasteiger charge is -2.31. The summed E-state index contributed by atoms with van der Waals surface area (Å²) in [4.78, 5) is 18.7. The highest BCUT2D eigenvalue weighted by Crippen LogP contribution is 2.22. The van der Waals surface area contributed by atoms with Crippen molar-refractivity contribution >= 4 is 17.5 Å². The zero-order valence-electron chi connectivity index (χ0n) is 14.4. The molecule has 0 bridgehead atoms. The molecule has 1 aromatic carbocycles. The molecule has 0 radical (unpaired) electrons. The maximum atomic E-state index is 12.4. The fraction of sp³-hybridized carbons (Fsp3) is 0.500. The van der Waals surface area contributed by atoms with Crippen molar-refractivity contribution < 1.29 is 4.79 Å². The summed E-state index contributed by atoms with van der Waals surface area (Å²) < 4.78 is 1.76. The molecule has 1 amide bonds. The molecule has 2 heterocycles. The Hall–Kier alpha value is -1.92. The molecule has 0 saturated carbocycles. The first-order valence-corrected chi connectivity index (χ1v) is 9.09. The smallest absolute Gasteiger partial charge is 0.223 e. The number of halogens is 1. The summed E-state index contributed by atoms with van der Waals surface area (Å²) in [7, 11) is 0. The van der Waals surface area contributed by atoms with Gasteiger partial charge in [-0.05, 0) is 44.5 Å². The third-order valence-corrected chi connectivity index (χ3v) is 5.14. The van der Waals surface area contributed by atoms with Crippen LogP contribution in [-0.4, -0.2) is 45.2 Å². The Morgan fingerprint density at radius 3 is 2.80 bits per heavy atom. The van der Waals surface area contributed by atoms with Gasteiger partial charge in [-0.3, -0.25) is 9.69 Å². The molecule has 6 nitrogen and oxygen atoms in total. The maximum absolute atomic E-state index is 12.4. The van der Waals surface area contributed by atoms with Crippen LogP contribution in [0, 0.1) is 5.92 Å². The van der Waals surface area contributed by atoms with Crippen molar-refractivity contribution in [3.8, 4) is 0 Å². The van der Waals surface area contributed by atoms with E-state index in [9.17, 15) is 4.79 Å². The molecule has 1 atom stereocenters. The number of carbonyl (C=O) groups excluding carboxylic acids is 1. The summed E-state index contributed by atoms with van der Waals surface area (Å²) in [5.41, 5.74) is 1.15. The fourth-order valence-corrected chi connectivity index (χ4v) is 3.35. The average molecular weight is 362 g/mol. The maximum Gasteiger partial charge on any atom is 0.223 e. The van der Waals surface area contributed by atoms with E-state index in [1.807, 2.05) is 25.1 Å². The minimum absolute atomic E-state index is 0.0884. The summed E-state index contributed by atoms with van der Waals surface area (Å²) in [6, 6.07) is 8.05. The number of hydrogen-bond acceptors (Lipinski definition) is 4. The average Bonchev–Trinajstić information content (AvgIpc) is 3.17. The lowest BCUT2D eigenvalue weighted by Crippen LogP contribution is -2.41. The van der Waals surface area contributed by atoms with E-state index in [0.717, 1.165) is 43.1 Å². The minimum Gasteiger partial charge on any atom is -0.354 e. The van der Waals surface area contributed by atoms with Gasteiger partial charge in [-0.25, -0.2) is 9.67 Å². The number of benzene rings is 1. The van der Waals surface area contributed by atoms with Crippen molar-refractivity contribution in [1.29, 1.82) is 0 Å². The minimum atomic E-state index is 0.0884. The number of amides is 1. The van der Waals surface area contributed by atoms with Crippen LogP contribution in [0.4, 0.5) is 0 Å². The molecular formula is C18H24ClN5O. The molecule has 0 aliphatic carbocycles. The Balaban J connectivity index is 1.42. The number of hydrogen-bond donors (Lipinski definition) is 1. The summed E-state index contributed by atoms with van der Waals surface area (Å²) in [6.07, 6.45) is 4.94. The Morgan fingerprint density at radius 2 is 2.12 bits per heavy atom. The van der Waals surface area contributed by atoms with Gasteiger partial charge in [0.25, 0.3) is 0 Å². The normalized spacial score (nSPS) is 17.4. The number of carbonyl (C=O) groups is 1. The molecule has 1 aliphatic heterocycles. The Labute approximate surface area is 153 Å². The van der Waals surface area contributed by atoms with Crippen LogP contribution in [0.5, 0.6) is 0 Å². The first-order valence-electron chi connectivity index (χ1n) is 8.71. The van der Waals surface area contributed by atoms with Crippen LogP contribution < -0.4 is 5.32 Å². The number of likely N-dealkylation sites (tertiary alicyclic amines) is 1. The number of piperidine rings is 1. The van der Waals surface area contributed by atoms with Gasteiger partial charge in [-0.15, -0.1) is 0 Å². The Morgan fingerprint density at radius 1 is 1.36 bits per heavy atom. The zero-order valence-corrected chi connectivity index (χ0v) is 15.2. The highest BCUT2D eigenvalue weighted by Gasteiger charge is 2.25. The second-order valence-corrected chi connectivity index (χ2v) is 7.02. The van der Waals surface area contributed by atoms with Gasteiger partial charge in [0, 0.05) is 24.0 Å². The third kappa shape index (κ3) is 4.80. The van der Waals surface area contributed by atoms with Crippen molar-refractivity contribution in [2.24, 2.45) is 5.92 Å². The quantitative estimate of drug-likeness (QED) is 0.858. The number of rotatable bonds is 6. The molecule has 134 valence electrons. The van der Waals surface area contributed by atoms with Crippen LogP contribution in [0.1, 0.15) is 31.4 Å². The summed E-state index contributed by atoms with van der Waals surface area (Å²) in [5.74, 6) is 0.231. The van der Waals surface area contributed by atoms with Gasteiger partial charge in [0.15, 0.2) is 0 Å². The molecule has 2 aromatic rings. The summed E-state index contributed by atoms with van der Waals surface area (Å²) >= 11 is 6.23. The summed E-state index contributed by atoms with van der Waals surface area (Å²) in [6.45, 7) is 5.27. The van der Waals surface area contributed by atoms with Crippen LogP contribution in [-0.2, 0) is 11.3 Å². The SMILES string of the molecule is C[C@@H](CNC(=O)C1CCN(Cc2ccccc2Cl)CC1)n1cncn1. The van der Waals surface area contributed by atoms with E-state index in [-0.39, 0.29) is 17.9 Å². The highest BCUT2D eigenvalue weighted by atomic mass is 35.5. The van der Waals surface area contributed by atoms with Crippen molar-refractivity contribution in [2.45, 2.75) is 32.4 Å². The van der Waals surface area contributed by atoms with Gasteiger partial charge in [-0.1, -0.05) is 29.8 Å². The van der Waals surface area contributed by atoms with Gasteiger partial charge in [0.05, 0.1) is 6.04 Å². The number of nitrogens with zero attached hydrogens (tertiary/aromatic N) is 4. The van der Waals surface area contributed by atoms with Crippen LogP contribution in [0.3, 0.4) is 0 Å². The largest absolute Gasteiger partial charge is 0.354 e. The molecule has 1 fully saturated rings. The predicted molar refractivity (Wildman–Crippen MR) is 97.2 cm³/mol. The predicted octanol–water partition coefficient (Wildman–Crippen LogP) is 2.52. The lowest BCUT2D eigenvalue weighted by molar-refractivity contribution is -0.126. The Bertz CT molecular complexity index is 683. The van der Waals surface area contributed by atoms with Crippen molar-refractivity contribution in [3.63, 3.8) is 0 Å². The van der Waals surface area contributed by atoms with E-state index >= 15 is 0 Å². The lowest BCUT2D eigenvalue weighted by atomic mass is 9.95. The summed E-state index contributed by atoms with van der Waals surface area (Å²) in [5, 5.41) is 7.96. The molecule has 7 heteroatoms. The molecule has 0 unspecified atom stereocenters. The van der Waals surface area contributed by atoms with Gasteiger partial charge in [-0.2, -0.15) is 5.10 Å². The number of aromatic nitrogens is 3. The first kappa shape index (κ1) is 17.9. The van der Waals surface area contributed by atoms with E-state index < -0.39 is 0 Å². The topological polar surface area (TPSA) is 63.1 Å². The van der Waals surface area contributed by atoms with Crippen LogP contribution in [0.15, 0.2) is 36.9 Å². The van der Waals surface area contributed by atoms with Crippen molar-refractivity contribution in [1.82, 2.24) is 25.0 Å². The van der Waals surface area contributed by atoms with Crippen molar-refractivity contribution in [3.05, 3.63) is 47.5 Å². The second-order valence-electron chi connectivity index (χ2n) is 6.61. The molecular weight excluding hydrogens is 338 g/mol. The van der Waals surface area contributed by atoms with Gasteiger partial charge in [0.2, 0.25) is 5.91 Å². The molecule has 3 rings (SSSR count). The fourth-order valence-electron chi connectivity index (χ4n) is 3.15. The third-order valence-electron chi connectivity index (χ3n) is 4.77. The van der Waals surface area contributed by atoms with Gasteiger partial charge in [0.1, 0.15) is 12.7 Å². The molecule has 25 heavy (non-hydrogen) atoms. The molecule has 1 aromatic heterocycles. The highest BCUT2D eigenvalue weighted by molar-refractivity contribution is 6.31. The first-order chi connectivity index (χ1) is 12.1. The van der Waals surface area contributed by atoms with Crippen molar-refractivity contribution in [2.75, 3.05) is 19.6 Å². The molecule has 1 saturated heterocycles. The van der Waals surface area contributed by atoms with Crippen LogP contribution in [0.2, 0.25) is 5.02 Å². The second kappa shape index (κ2) is 8.45. The zero-order chi connectivity index (χ0) is 17.6. The van der Waals surface area contributed by atoms with E-state index in [1.54, 1.807) is 11.0 Å². The number of nitrogens with one attached hydrogen (secondary N) is 1. The molecule has 1 N–H and O–H groups in total. The van der Waals surface area contributed by atoms with Crippen LogP contribution >= 0.6 is 11.6 Å². The monoisotopic (exact) mass is 361 g/mol. The van der Waals surface area contributed by atoms with Gasteiger partial charge >= 0.3 is 0 Å². The van der Waals surface area contributed by atoms with E-state index in [1.165, 1.54) is 6.33 Å². The van der Waals surface area contributed by atoms with E-state index in [0.29, 0.717) is 6.54 Å². The molecule has 1 aliphatic rings. The molecule has 0 spiro atoms. The van der Waals surface area contributed by atoms with E-state index in [2.05, 4.69) is 26.4 Å². The Kier molecular flexibility index (Phi) is 6.04. The van der Waals surface area contributed by atoms with Gasteiger partial charge < -0.3 is 5.32 Å². The standard InChI is InChI=1S/C18H24ClN5O/c1-14(24-13-20-12-22-24)10-21-18(25)15-6-8-23(9-7-15)11-16-4-2-3-5-17(16)19/h2-5,12-15H,6-11H2,1H3,(H,21,25)/t14-/m0/s1.